The number of hydrogen-bond acceptors (Lipinski definition) is 4. The van der Waals surface area contributed by atoms with Crippen LogP contribution in [-0.2, 0) is 0 Å². The summed E-state index contributed by atoms with van der Waals surface area (Å²) in [6.45, 7) is 4.30. The van der Waals surface area contributed by atoms with Crippen LogP contribution in [0, 0.1) is 0 Å². The molecule has 1 aromatic heterocycles. The van der Waals surface area contributed by atoms with Gasteiger partial charge in [-0.3, -0.25) is 0 Å². The summed E-state index contributed by atoms with van der Waals surface area (Å²) in [7, 11) is 0. The Bertz CT molecular complexity index is 655. The quantitative estimate of drug-likeness (QED) is 0.754. The molecule has 2 N–H and O–H groups in total. The molecule has 0 radical (unpaired) electrons. The molecule has 116 valence electrons. The Morgan fingerprint density at radius 2 is 2.05 bits per heavy atom. The van der Waals surface area contributed by atoms with E-state index in [0.717, 1.165) is 28.1 Å². The summed E-state index contributed by atoms with van der Waals surface area (Å²) >= 11 is 3.56. The fourth-order valence-corrected chi connectivity index (χ4v) is 2.59. The molecule has 0 bridgehead atoms. The fourth-order valence-electron chi connectivity index (χ4n) is 2.21. The van der Waals surface area contributed by atoms with Crippen molar-refractivity contribution in [1.29, 1.82) is 0 Å². The number of nitrogens with zero attached hydrogens (tertiary/aromatic N) is 2. The third-order valence-electron chi connectivity index (χ3n) is 3.87. The molecule has 1 heterocycles. The molecule has 0 spiro atoms. The van der Waals surface area contributed by atoms with E-state index < -0.39 is 0 Å². The van der Waals surface area contributed by atoms with Crippen LogP contribution in [0.2, 0.25) is 0 Å². The maximum Gasteiger partial charge on any atom is 0.225 e. The molecular formula is C17H21BrN4. The van der Waals surface area contributed by atoms with Gasteiger partial charge in [0.05, 0.1) is 11.4 Å². The van der Waals surface area contributed by atoms with E-state index in [1.54, 1.807) is 0 Å². The van der Waals surface area contributed by atoms with Gasteiger partial charge in [0.15, 0.2) is 0 Å². The van der Waals surface area contributed by atoms with Crippen LogP contribution in [0.5, 0.6) is 0 Å². The van der Waals surface area contributed by atoms with Crippen LogP contribution >= 0.6 is 15.9 Å². The van der Waals surface area contributed by atoms with E-state index in [-0.39, 0.29) is 0 Å². The predicted molar refractivity (Wildman–Crippen MR) is 94.8 cm³/mol. The van der Waals surface area contributed by atoms with E-state index in [4.69, 9.17) is 0 Å². The molecule has 0 aliphatic heterocycles. The first-order valence-corrected chi connectivity index (χ1v) is 8.62. The molecule has 1 fully saturated rings. The lowest BCUT2D eigenvalue weighted by atomic mass is 10.2. The molecule has 2 aromatic rings. The highest BCUT2D eigenvalue weighted by Gasteiger charge is 2.26. The van der Waals surface area contributed by atoms with Gasteiger partial charge >= 0.3 is 0 Å². The van der Waals surface area contributed by atoms with E-state index in [1.165, 1.54) is 12.8 Å². The van der Waals surface area contributed by atoms with Crippen LogP contribution in [0.25, 0.3) is 0 Å². The maximum atomic E-state index is 4.67. The van der Waals surface area contributed by atoms with Gasteiger partial charge in [-0.15, -0.1) is 0 Å². The average Bonchev–Trinajstić information content (AvgIpc) is 3.34. The average molecular weight is 361 g/mol. The van der Waals surface area contributed by atoms with E-state index in [1.807, 2.05) is 24.3 Å². The SMILES string of the molecule is CC[C@H](C)Nc1nc(Nc2ccccc2Br)cc(C2CC2)n1. The molecule has 1 aliphatic rings. The van der Waals surface area contributed by atoms with Crippen LogP contribution in [0.1, 0.15) is 44.7 Å². The number of nitrogens with one attached hydrogen (secondary N) is 2. The predicted octanol–water partition coefficient (Wildman–Crippen LogP) is 5.07. The second-order valence-electron chi connectivity index (χ2n) is 5.83. The van der Waals surface area contributed by atoms with Crippen LogP contribution in [0.4, 0.5) is 17.5 Å². The highest BCUT2D eigenvalue weighted by atomic mass is 79.9. The monoisotopic (exact) mass is 360 g/mol. The number of para-hydroxylation sites is 1. The lowest BCUT2D eigenvalue weighted by Crippen LogP contribution is -2.16. The summed E-state index contributed by atoms with van der Waals surface area (Å²) in [5.74, 6) is 2.16. The lowest BCUT2D eigenvalue weighted by molar-refractivity contribution is 0.750. The topological polar surface area (TPSA) is 49.8 Å². The Morgan fingerprint density at radius 1 is 1.27 bits per heavy atom. The van der Waals surface area contributed by atoms with Crippen molar-refractivity contribution < 1.29 is 0 Å². The van der Waals surface area contributed by atoms with Crippen molar-refractivity contribution in [2.24, 2.45) is 0 Å². The van der Waals surface area contributed by atoms with Crippen molar-refractivity contribution in [2.45, 2.75) is 45.1 Å². The van der Waals surface area contributed by atoms with Crippen LogP contribution in [0.15, 0.2) is 34.8 Å². The minimum absolute atomic E-state index is 0.366. The number of aromatic nitrogens is 2. The standard InChI is InChI=1S/C17H21BrN4/c1-3-11(2)19-17-21-15(12-8-9-12)10-16(22-17)20-14-7-5-4-6-13(14)18/h4-7,10-12H,3,8-9H2,1-2H3,(H2,19,20,21,22)/t11-/m0/s1. The van der Waals surface area contributed by atoms with Gasteiger partial charge in [-0.05, 0) is 54.2 Å². The number of benzene rings is 1. The molecule has 0 amide bonds. The summed E-state index contributed by atoms with van der Waals surface area (Å²) in [6.07, 6.45) is 3.51. The van der Waals surface area contributed by atoms with Crippen LogP contribution in [-0.4, -0.2) is 16.0 Å². The van der Waals surface area contributed by atoms with Gasteiger partial charge in [-0.25, -0.2) is 4.98 Å². The summed E-state index contributed by atoms with van der Waals surface area (Å²) < 4.78 is 1.03. The molecule has 0 saturated heterocycles. The van der Waals surface area contributed by atoms with E-state index in [0.29, 0.717) is 17.9 Å². The second kappa shape index (κ2) is 6.65. The van der Waals surface area contributed by atoms with Gasteiger partial charge < -0.3 is 10.6 Å². The molecule has 1 aliphatic carbocycles. The Labute approximate surface area is 139 Å². The van der Waals surface area contributed by atoms with E-state index >= 15 is 0 Å². The Hall–Kier alpha value is -1.62. The Balaban J connectivity index is 1.87. The lowest BCUT2D eigenvalue weighted by Gasteiger charge is -2.15. The Kier molecular flexibility index (Phi) is 4.62. The van der Waals surface area contributed by atoms with Crippen molar-refractivity contribution >= 4 is 33.4 Å². The number of hydrogen-bond donors (Lipinski definition) is 2. The van der Waals surface area contributed by atoms with Crippen molar-refractivity contribution in [3.05, 3.63) is 40.5 Å². The van der Waals surface area contributed by atoms with Gasteiger partial charge in [0.1, 0.15) is 5.82 Å². The molecule has 4 nitrogen and oxygen atoms in total. The summed E-state index contributed by atoms with van der Waals surface area (Å²) in [6, 6.07) is 10.5. The van der Waals surface area contributed by atoms with Gasteiger partial charge in [0.2, 0.25) is 5.95 Å². The molecule has 3 rings (SSSR count). The molecule has 1 saturated carbocycles. The molecule has 1 atom stereocenters. The first-order valence-electron chi connectivity index (χ1n) is 7.82. The van der Waals surface area contributed by atoms with Crippen molar-refractivity contribution in [2.75, 3.05) is 10.6 Å². The van der Waals surface area contributed by atoms with Crippen molar-refractivity contribution in [1.82, 2.24) is 9.97 Å². The minimum atomic E-state index is 0.366. The fraction of sp³-hybridized carbons (Fsp3) is 0.412. The summed E-state index contributed by atoms with van der Waals surface area (Å²) in [4.78, 5) is 9.29. The second-order valence-corrected chi connectivity index (χ2v) is 6.69. The van der Waals surface area contributed by atoms with Gasteiger partial charge in [0, 0.05) is 22.5 Å². The zero-order valence-electron chi connectivity index (χ0n) is 12.9. The zero-order chi connectivity index (χ0) is 15.5. The molecule has 0 unspecified atom stereocenters. The maximum absolute atomic E-state index is 4.67. The number of anilines is 3. The largest absolute Gasteiger partial charge is 0.352 e. The normalized spacial score (nSPS) is 15.4. The summed E-state index contributed by atoms with van der Waals surface area (Å²) in [5, 5.41) is 6.77. The van der Waals surface area contributed by atoms with Crippen molar-refractivity contribution in [3.8, 4) is 0 Å². The zero-order valence-corrected chi connectivity index (χ0v) is 14.5. The highest BCUT2D eigenvalue weighted by molar-refractivity contribution is 9.10. The number of halogens is 1. The Morgan fingerprint density at radius 3 is 2.73 bits per heavy atom. The van der Waals surface area contributed by atoms with Gasteiger partial charge in [-0.2, -0.15) is 4.98 Å². The third kappa shape index (κ3) is 3.77. The molecule has 5 heteroatoms. The van der Waals surface area contributed by atoms with Gasteiger partial charge in [0.25, 0.3) is 0 Å². The third-order valence-corrected chi connectivity index (χ3v) is 4.56. The van der Waals surface area contributed by atoms with E-state index in [9.17, 15) is 0 Å². The molecule has 22 heavy (non-hydrogen) atoms. The molecular weight excluding hydrogens is 340 g/mol. The smallest absolute Gasteiger partial charge is 0.225 e. The van der Waals surface area contributed by atoms with Crippen molar-refractivity contribution in [3.63, 3.8) is 0 Å². The first kappa shape index (κ1) is 15.3. The highest BCUT2D eigenvalue weighted by Crippen LogP contribution is 2.40. The minimum Gasteiger partial charge on any atom is -0.352 e. The first-order chi connectivity index (χ1) is 10.7. The van der Waals surface area contributed by atoms with Crippen LogP contribution < -0.4 is 10.6 Å². The van der Waals surface area contributed by atoms with Crippen LogP contribution in [0.3, 0.4) is 0 Å². The van der Waals surface area contributed by atoms with Gasteiger partial charge in [-0.1, -0.05) is 19.1 Å². The molecule has 1 aromatic carbocycles. The summed E-state index contributed by atoms with van der Waals surface area (Å²) in [5.41, 5.74) is 2.15. The number of rotatable bonds is 6. The van der Waals surface area contributed by atoms with E-state index in [2.05, 4.69) is 56.4 Å².